The molecule has 94 valence electrons. The SMILES string of the molecule is CC(C)C1CC(Nc2ccc(F)c(F)c2F)C1. The van der Waals surface area contributed by atoms with Gasteiger partial charge in [-0.25, -0.2) is 13.2 Å². The van der Waals surface area contributed by atoms with Crippen LogP contribution in [0.5, 0.6) is 0 Å². The van der Waals surface area contributed by atoms with E-state index in [4.69, 9.17) is 0 Å². The summed E-state index contributed by atoms with van der Waals surface area (Å²) in [7, 11) is 0. The predicted molar refractivity (Wildman–Crippen MR) is 61.3 cm³/mol. The molecule has 1 saturated carbocycles. The Labute approximate surface area is 99.0 Å². The molecule has 1 aromatic rings. The van der Waals surface area contributed by atoms with Gasteiger partial charge >= 0.3 is 0 Å². The van der Waals surface area contributed by atoms with E-state index in [1.165, 1.54) is 6.07 Å². The number of rotatable bonds is 3. The first-order valence-corrected chi connectivity index (χ1v) is 5.89. The summed E-state index contributed by atoms with van der Waals surface area (Å²) in [6, 6.07) is 2.36. The monoisotopic (exact) mass is 243 g/mol. The highest BCUT2D eigenvalue weighted by Crippen LogP contribution is 2.36. The predicted octanol–water partition coefficient (Wildman–Crippen LogP) is 3.95. The summed E-state index contributed by atoms with van der Waals surface area (Å²) in [6.45, 7) is 4.30. The van der Waals surface area contributed by atoms with Gasteiger partial charge in [-0.05, 0) is 36.8 Å². The molecule has 0 spiro atoms. The van der Waals surface area contributed by atoms with E-state index in [1.54, 1.807) is 0 Å². The van der Waals surface area contributed by atoms with E-state index in [9.17, 15) is 13.2 Å². The van der Waals surface area contributed by atoms with Gasteiger partial charge in [-0.15, -0.1) is 0 Å². The van der Waals surface area contributed by atoms with Crippen molar-refractivity contribution in [2.75, 3.05) is 5.32 Å². The summed E-state index contributed by atoms with van der Waals surface area (Å²) < 4.78 is 39.1. The molecular weight excluding hydrogens is 227 g/mol. The number of anilines is 1. The molecule has 1 aromatic carbocycles. The molecule has 1 nitrogen and oxygen atoms in total. The van der Waals surface area contributed by atoms with Gasteiger partial charge in [-0.1, -0.05) is 13.8 Å². The molecule has 0 amide bonds. The Bertz CT molecular complexity index is 411. The Balaban J connectivity index is 1.99. The molecule has 0 saturated heterocycles. The molecule has 0 unspecified atom stereocenters. The first-order chi connectivity index (χ1) is 7.99. The third kappa shape index (κ3) is 2.40. The second kappa shape index (κ2) is 4.59. The highest BCUT2D eigenvalue weighted by Gasteiger charge is 2.31. The molecule has 1 fully saturated rings. The van der Waals surface area contributed by atoms with E-state index in [2.05, 4.69) is 19.2 Å². The fraction of sp³-hybridized carbons (Fsp3) is 0.538. The molecule has 0 atom stereocenters. The Kier molecular flexibility index (Phi) is 3.31. The molecule has 17 heavy (non-hydrogen) atoms. The number of hydrogen-bond donors (Lipinski definition) is 1. The fourth-order valence-electron chi connectivity index (χ4n) is 2.18. The van der Waals surface area contributed by atoms with Crippen LogP contribution < -0.4 is 5.32 Å². The van der Waals surface area contributed by atoms with Crippen molar-refractivity contribution in [1.82, 2.24) is 0 Å². The van der Waals surface area contributed by atoms with Gasteiger partial charge in [0.1, 0.15) is 0 Å². The molecular formula is C13H16F3N. The largest absolute Gasteiger partial charge is 0.380 e. The van der Waals surface area contributed by atoms with Gasteiger partial charge in [0.05, 0.1) is 5.69 Å². The van der Waals surface area contributed by atoms with Crippen molar-refractivity contribution < 1.29 is 13.2 Å². The quantitative estimate of drug-likeness (QED) is 0.792. The van der Waals surface area contributed by atoms with Crippen LogP contribution in [-0.2, 0) is 0 Å². The Hall–Kier alpha value is -1.19. The summed E-state index contributed by atoms with van der Waals surface area (Å²) in [5.74, 6) is -2.43. The van der Waals surface area contributed by atoms with E-state index in [0.717, 1.165) is 18.9 Å². The molecule has 2 rings (SSSR count). The Morgan fingerprint density at radius 2 is 1.76 bits per heavy atom. The van der Waals surface area contributed by atoms with Crippen LogP contribution >= 0.6 is 0 Å². The van der Waals surface area contributed by atoms with Crippen LogP contribution in [0.2, 0.25) is 0 Å². The third-order valence-corrected chi connectivity index (χ3v) is 3.51. The average Bonchev–Trinajstić information content (AvgIpc) is 2.21. The molecule has 1 aliphatic rings. The highest BCUT2D eigenvalue weighted by atomic mass is 19.2. The van der Waals surface area contributed by atoms with Gasteiger partial charge in [0.25, 0.3) is 0 Å². The van der Waals surface area contributed by atoms with Crippen LogP contribution in [0, 0.1) is 29.3 Å². The molecule has 1 aliphatic carbocycles. The van der Waals surface area contributed by atoms with E-state index in [1.807, 2.05) is 0 Å². The molecule has 4 heteroatoms. The summed E-state index contributed by atoms with van der Waals surface area (Å²) >= 11 is 0. The maximum atomic E-state index is 13.4. The molecule has 0 bridgehead atoms. The van der Waals surface area contributed by atoms with Crippen molar-refractivity contribution in [2.45, 2.75) is 32.7 Å². The lowest BCUT2D eigenvalue weighted by Crippen LogP contribution is -2.38. The zero-order chi connectivity index (χ0) is 12.6. The van der Waals surface area contributed by atoms with Gasteiger partial charge in [0, 0.05) is 6.04 Å². The van der Waals surface area contributed by atoms with E-state index in [-0.39, 0.29) is 11.7 Å². The summed E-state index contributed by atoms with van der Waals surface area (Å²) in [6.07, 6.45) is 1.91. The van der Waals surface area contributed by atoms with Crippen molar-refractivity contribution in [3.05, 3.63) is 29.6 Å². The Morgan fingerprint density at radius 3 is 2.35 bits per heavy atom. The second-order valence-electron chi connectivity index (χ2n) is 5.04. The maximum absolute atomic E-state index is 13.4. The topological polar surface area (TPSA) is 12.0 Å². The minimum absolute atomic E-state index is 0.0520. The summed E-state index contributed by atoms with van der Waals surface area (Å²) in [5, 5.41) is 2.92. The normalized spacial score (nSPS) is 23.6. The molecule has 0 aliphatic heterocycles. The average molecular weight is 243 g/mol. The smallest absolute Gasteiger partial charge is 0.196 e. The first-order valence-electron chi connectivity index (χ1n) is 5.89. The zero-order valence-electron chi connectivity index (χ0n) is 9.93. The van der Waals surface area contributed by atoms with Crippen molar-refractivity contribution in [3.8, 4) is 0 Å². The minimum atomic E-state index is -1.41. The highest BCUT2D eigenvalue weighted by molar-refractivity contribution is 5.46. The van der Waals surface area contributed by atoms with E-state index < -0.39 is 17.5 Å². The molecule has 0 heterocycles. The summed E-state index contributed by atoms with van der Waals surface area (Å²) in [5.41, 5.74) is 0.0520. The maximum Gasteiger partial charge on any atom is 0.196 e. The van der Waals surface area contributed by atoms with Crippen LogP contribution in [0.15, 0.2) is 12.1 Å². The van der Waals surface area contributed by atoms with Crippen LogP contribution in [0.4, 0.5) is 18.9 Å². The van der Waals surface area contributed by atoms with E-state index >= 15 is 0 Å². The number of halogens is 3. The molecule has 1 N–H and O–H groups in total. The minimum Gasteiger partial charge on any atom is -0.380 e. The van der Waals surface area contributed by atoms with Crippen molar-refractivity contribution in [2.24, 2.45) is 11.8 Å². The standard InChI is InChI=1S/C13H16F3N/c1-7(2)8-5-9(6-8)17-11-4-3-10(14)12(15)13(11)16/h3-4,7-9,17H,5-6H2,1-2H3. The second-order valence-corrected chi connectivity index (χ2v) is 5.04. The first kappa shape index (κ1) is 12.3. The van der Waals surface area contributed by atoms with Crippen LogP contribution in [0.3, 0.4) is 0 Å². The van der Waals surface area contributed by atoms with Crippen molar-refractivity contribution in [3.63, 3.8) is 0 Å². The lowest BCUT2D eigenvalue weighted by atomic mass is 9.73. The summed E-state index contributed by atoms with van der Waals surface area (Å²) in [4.78, 5) is 0. The van der Waals surface area contributed by atoms with Gasteiger partial charge < -0.3 is 5.32 Å². The lowest BCUT2D eigenvalue weighted by Gasteiger charge is -2.39. The van der Waals surface area contributed by atoms with Crippen molar-refractivity contribution >= 4 is 5.69 Å². The zero-order valence-corrected chi connectivity index (χ0v) is 9.93. The van der Waals surface area contributed by atoms with Crippen LogP contribution in [0.1, 0.15) is 26.7 Å². The lowest BCUT2D eigenvalue weighted by molar-refractivity contribution is 0.211. The van der Waals surface area contributed by atoms with Crippen LogP contribution in [0.25, 0.3) is 0 Å². The van der Waals surface area contributed by atoms with Gasteiger partial charge in [0.15, 0.2) is 17.5 Å². The third-order valence-electron chi connectivity index (χ3n) is 3.51. The van der Waals surface area contributed by atoms with Gasteiger partial charge in [0.2, 0.25) is 0 Å². The Morgan fingerprint density at radius 1 is 1.12 bits per heavy atom. The number of benzene rings is 1. The number of hydrogen-bond acceptors (Lipinski definition) is 1. The van der Waals surface area contributed by atoms with E-state index in [0.29, 0.717) is 11.8 Å². The fourth-order valence-corrected chi connectivity index (χ4v) is 2.18. The number of nitrogens with one attached hydrogen (secondary N) is 1. The van der Waals surface area contributed by atoms with Gasteiger partial charge in [-0.3, -0.25) is 0 Å². The molecule has 0 radical (unpaired) electrons. The van der Waals surface area contributed by atoms with Crippen molar-refractivity contribution in [1.29, 1.82) is 0 Å². The molecule has 0 aromatic heterocycles. The van der Waals surface area contributed by atoms with Gasteiger partial charge in [-0.2, -0.15) is 0 Å². The van der Waals surface area contributed by atoms with Crippen LogP contribution in [-0.4, -0.2) is 6.04 Å².